The lowest BCUT2D eigenvalue weighted by Gasteiger charge is -2.08. The Balaban J connectivity index is 1.77. The SMILES string of the molecule is NNc1cn2ccnc2c(NCCc2nccs2)n1. The number of hydrogen-bond donors (Lipinski definition) is 3. The van der Waals surface area contributed by atoms with Crippen molar-refractivity contribution in [2.75, 3.05) is 17.3 Å². The molecule has 0 aliphatic carbocycles. The molecular weight excluding hydrogens is 262 g/mol. The molecule has 98 valence electrons. The Morgan fingerprint density at radius 1 is 1.32 bits per heavy atom. The molecule has 0 spiro atoms. The van der Waals surface area contributed by atoms with E-state index in [1.165, 1.54) is 0 Å². The minimum atomic E-state index is 0.585. The van der Waals surface area contributed by atoms with Crippen LogP contribution >= 0.6 is 11.3 Å². The number of fused-ring (bicyclic) bond motifs is 1. The molecule has 4 N–H and O–H groups in total. The Morgan fingerprint density at radius 3 is 3.05 bits per heavy atom. The van der Waals surface area contributed by atoms with Crippen LogP contribution in [0.25, 0.3) is 5.65 Å². The summed E-state index contributed by atoms with van der Waals surface area (Å²) in [4.78, 5) is 12.9. The van der Waals surface area contributed by atoms with E-state index in [0.29, 0.717) is 11.6 Å². The first-order chi connectivity index (χ1) is 9.36. The second-order valence-corrected chi connectivity index (χ2v) is 4.86. The number of hydrogen-bond acceptors (Lipinski definition) is 7. The molecule has 3 rings (SSSR count). The Morgan fingerprint density at radius 2 is 2.26 bits per heavy atom. The normalized spacial score (nSPS) is 10.8. The Labute approximate surface area is 113 Å². The van der Waals surface area contributed by atoms with Gasteiger partial charge in [0.15, 0.2) is 17.3 Å². The van der Waals surface area contributed by atoms with Crippen LogP contribution in [0.2, 0.25) is 0 Å². The topological polar surface area (TPSA) is 93.2 Å². The van der Waals surface area contributed by atoms with Crippen LogP contribution in [0, 0.1) is 0 Å². The van der Waals surface area contributed by atoms with Crippen LogP contribution in [0.5, 0.6) is 0 Å². The molecule has 0 fully saturated rings. The number of aromatic nitrogens is 4. The first-order valence-electron chi connectivity index (χ1n) is 5.79. The van der Waals surface area contributed by atoms with Gasteiger partial charge in [0.1, 0.15) is 0 Å². The molecule has 0 aliphatic rings. The number of nitrogens with one attached hydrogen (secondary N) is 2. The lowest BCUT2D eigenvalue weighted by molar-refractivity contribution is 0.981. The third-order valence-corrected chi connectivity index (χ3v) is 3.48. The van der Waals surface area contributed by atoms with Gasteiger partial charge in [-0.25, -0.2) is 20.8 Å². The van der Waals surface area contributed by atoms with Gasteiger partial charge >= 0.3 is 0 Å². The van der Waals surface area contributed by atoms with Crippen LogP contribution in [-0.4, -0.2) is 25.9 Å². The van der Waals surface area contributed by atoms with Crippen molar-refractivity contribution < 1.29 is 0 Å². The van der Waals surface area contributed by atoms with Gasteiger partial charge in [0.05, 0.1) is 11.2 Å². The van der Waals surface area contributed by atoms with Gasteiger partial charge in [0.25, 0.3) is 0 Å². The summed E-state index contributed by atoms with van der Waals surface area (Å²) >= 11 is 1.65. The predicted octanol–water partition coefficient (Wildman–Crippen LogP) is 1.13. The van der Waals surface area contributed by atoms with Crippen LogP contribution in [0.1, 0.15) is 5.01 Å². The zero-order chi connectivity index (χ0) is 13.1. The average molecular weight is 275 g/mol. The van der Waals surface area contributed by atoms with Gasteiger partial charge < -0.3 is 15.1 Å². The first-order valence-corrected chi connectivity index (χ1v) is 6.67. The lowest BCUT2D eigenvalue weighted by atomic mass is 10.4. The standard InChI is InChI=1S/C11H13N7S/c12-17-8-7-18-5-3-15-11(18)10(16-8)14-2-1-9-13-4-6-19-9/h3-7,17H,1-2,12H2,(H,14,16). The first kappa shape index (κ1) is 11.9. The smallest absolute Gasteiger partial charge is 0.180 e. The maximum absolute atomic E-state index is 5.40. The van der Waals surface area contributed by atoms with E-state index in [1.807, 2.05) is 22.2 Å². The molecule has 0 unspecified atom stereocenters. The quantitative estimate of drug-likeness (QED) is 0.477. The zero-order valence-corrected chi connectivity index (χ0v) is 10.9. The van der Waals surface area contributed by atoms with Crippen LogP contribution in [-0.2, 0) is 6.42 Å². The van der Waals surface area contributed by atoms with Gasteiger partial charge in [-0.3, -0.25) is 0 Å². The highest BCUT2D eigenvalue weighted by atomic mass is 32.1. The fourth-order valence-corrected chi connectivity index (χ4v) is 2.40. The van der Waals surface area contributed by atoms with Crippen molar-refractivity contribution in [3.8, 4) is 0 Å². The molecule has 0 radical (unpaired) electrons. The fourth-order valence-electron chi connectivity index (χ4n) is 1.78. The highest BCUT2D eigenvalue weighted by Crippen LogP contribution is 2.16. The largest absolute Gasteiger partial charge is 0.366 e. The summed E-state index contributed by atoms with van der Waals surface area (Å²) in [7, 11) is 0. The number of rotatable bonds is 5. The van der Waals surface area contributed by atoms with Crippen molar-refractivity contribution >= 4 is 28.6 Å². The monoisotopic (exact) mass is 275 g/mol. The average Bonchev–Trinajstić information content (AvgIpc) is 3.08. The molecule has 8 heteroatoms. The van der Waals surface area contributed by atoms with Crippen molar-refractivity contribution in [1.82, 2.24) is 19.4 Å². The molecule has 0 atom stereocenters. The number of nitrogens with zero attached hydrogens (tertiary/aromatic N) is 4. The third kappa shape index (κ3) is 2.49. The van der Waals surface area contributed by atoms with Crippen molar-refractivity contribution in [2.45, 2.75) is 6.42 Å². The van der Waals surface area contributed by atoms with Crippen molar-refractivity contribution in [1.29, 1.82) is 0 Å². The Bertz CT molecular complexity index is 661. The van der Waals surface area contributed by atoms with E-state index in [2.05, 4.69) is 25.7 Å². The molecule has 0 aromatic carbocycles. The van der Waals surface area contributed by atoms with E-state index in [0.717, 1.165) is 23.6 Å². The second kappa shape index (κ2) is 5.21. The zero-order valence-electron chi connectivity index (χ0n) is 10.1. The molecule has 19 heavy (non-hydrogen) atoms. The third-order valence-electron chi connectivity index (χ3n) is 2.64. The highest BCUT2D eigenvalue weighted by Gasteiger charge is 2.06. The van der Waals surface area contributed by atoms with E-state index >= 15 is 0 Å². The van der Waals surface area contributed by atoms with Gasteiger partial charge in [0, 0.05) is 36.9 Å². The molecule has 0 bridgehead atoms. The summed E-state index contributed by atoms with van der Waals surface area (Å²) < 4.78 is 1.87. The Hall–Kier alpha value is -2.19. The van der Waals surface area contributed by atoms with E-state index in [-0.39, 0.29) is 0 Å². The minimum absolute atomic E-state index is 0.585. The van der Waals surface area contributed by atoms with E-state index in [9.17, 15) is 0 Å². The van der Waals surface area contributed by atoms with Gasteiger partial charge in [-0.1, -0.05) is 0 Å². The summed E-state index contributed by atoms with van der Waals surface area (Å²) in [6, 6.07) is 0. The molecule has 0 amide bonds. The van der Waals surface area contributed by atoms with Crippen LogP contribution in [0.15, 0.2) is 30.2 Å². The number of imidazole rings is 1. The van der Waals surface area contributed by atoms with Crippen LogP contribution < -0.4 is 16.6 Å². The summed E-state index contributed by atoms with van der Waals surface area (Å²) in [5.74, 6) is 6.69. The fraction of sp³-hybridized carbons (Fsp3) is 0.182. The molecular formula is C11H13N7S. The number of thiazole rings is 1. The second-order valence-electron chi connectivity index (χ2n) is 3.88. The molecule has 0 saturated carbocycles. The maximum Gasteiger partial charge on any atom is 0.180 e. The number of anilines is 2. The van der Waals surface area contributed by atoms with E-state index in [4.69, 9.17) is 5.84 Å². The van der Waals surface area contributed by atoms with Crippen molar-refractivity contribution in [2.24, 2.45) is 5.84 Å². The molecule has 3 aromatic heterocycles. The van der Waals surface area contributed by atoms with Gasteiger partial charge in [0.2, 0.25) is 0 Å². The van der Waals surface area contributed by atoms with Crippen LogP contribution in [0.3, 0.4) is 0 Å². The molecule has 3 heterocycles. The summed E-state index contributed by atoms with van der Waals surface area (Å²) in [5.41, 5.74) is 3.32. The molecule has 0 aliphatic heterocycles. The van der Waals surface area contributed by atoms with Crippen LogP contribution in [0.4, 0.5) is 11.6 Å². The van der Waals surface area contributed by atoms with Crippen molar-refractivity contribution in [3.63, 3.8) is 0 Å². The van der Waals surface area contributed by atoms with Gasteiger partial charge in [-0.2, -0.15) is 0 Å². The molecule has 0 saturated heterocycles. The Kier molecular flexibility index (Phi) is 3.25. The van der Waals surface area contributed by atoms with Gasteiger partial charge in [-0.05, 0) is 0 Å². The summed E-state index contributed by atoms with van der Waals surface area (Å²) in [6.07, 6.45) is 8.03. The number of nitrogen functional groups attached to an aromatic ring is 1. The molecule has 7 nitrogen and oxygen atoms in total. The summed E-state index contributed by atoms with van der Waals surface area (Å²) in [6.45, 7) is 0.747. The summed E-state index contributed by atoms with van der Waals surface area (Å²) in [5, 5.41) is 6.33. The van der Waals surface area contributed by atoms with E-state index in [1.54, 1.807) is 23.7 Å². The number of hydrazine groups is 1. The minimum Gasteiger partial charge on any atom is -0.366 e. The lowest BCUT2D eigenvalue weighted by Crippen LogP contribution is -2.13. The number of nitrogens with two attached hydrogens (primary N) is 1. The van der Waals surface area contributed by atoms with Crippen molar-refractivity contribution in [3.05, 3.63) is 35.2 Å². The van der Waals surface area contributed by atoms with E-state index < -0.39 is 0 Å². The molecule has 3 aromatic rings. The highest BCUT2D eigenvalue weighted by molar-refractivity contribution is 7.09. The predicted molar refractivity (Wildman–Crippen MR) is 75.1 cm³/mol. The van der Waals surface area contributed by atoms with Gasteiger partial charge in [-0.15, -0.1) is 11.3 Å². The maximum atomic E-state index is 5.40.